The number of aromatic amines is 1. The molecule has 1 unspecified atom stereocenters. The number of carboxylic acids is 1. The summed E-state index contributed by atoms with van der Waals surface area (Å²) in [7, 11) is 0. The monoisotopic (exact) mass is 380 g/mol. The Morgan fingerprint density at radius 2 is 2.12 bits per heavy atom. The number of aliphatic carboxylic acids is 1. The van der Waals surface area contributed by atoms with Crippen molar-refractivity contribution in [2.45, 2.75) is 23.8 Å². The molecule has 0 radical (unpaired) electrons. The lowest BCUT2D eigenvalue weighted by atomic mass is 10.1. The highest BCUT2D eigenvalue weighted by Gasteiger charge is 2.19. The first-order valence-corrected chi connectivity index (χ1v) is 9.30. The number of hydrogen-bond acceptors (Lipinski definition) is 5. The smallest absolute Gasteiger partial charge is 0.317 e. The molecule has 1 atom stereocenters. The molecule has 2 N–H and O–H groups in total. The Hall–Kier alpha value is -1.83. The van der Waals surface area contributed by atoms with Crippen molar-refractivity contribution in [3.8, 4) is 11.1 Å². The summed E-state index contributed by atoms with van der Waals surface area (Å²) in [6, 6.07) is 7.24. The van der Waals surface area contributed by atoms with Crippen LogP contribution >= 0.6 is 34.7 Å². The van der Waals surface area contributed by atoms with Crippen LogP contribution in [0.4, 0.5) is 0 Å². The maximum absolute atomic E-state index is 12.5. The van der Waals surface area contributed by atoms with Crippen molar-refractivity contribution in [3.63, 3.8) is 0 Å². The molecule has 0 saturated carbocycles. The van der Waals surface area contributed by atoms with Gasteiger partial charge in [-0.15, -0.1) is 11.3 Å². The molecule has 124 valence electrons. The number of fused-ring (bicyclic) bond motifs is 1. The number of aromatic nitrogens is 2. The minimum absolute atomic E-state index is 0.269. The van der Waals surface area contributed by atoms with Gasteiger partial charge in [0.1, 0.15) is 10.1 Å². The van der Waals surface area contributed by atoms with Crippen molar-refractivity contribution < 1.29 is 9.90 Å². The van der Waals surface area contributed by atoms with E-state index in [2.05, 4.69) is 9.97 Å². The van der Waals surface area contributed by atoms with Gasteiger partial charge >= 0.3 is 5.97 Å². The normalized spacial score (nSPS) is 12.4. The van der Waals surface area contributed by atoms with Gasteiger partial charge in [-0.25, -0.2) is 4.98 Å². The fourth-order valence-corrected chi connectivity index (χ4v) is 4.23. The molecule has 2 aromatic heterocycles. The van der Waals surface area contributed by atoms with Gasteiger partial charge in [0.25, 0.3) is 5.56 Å². The molecule has 0 fully saturated rings. The van der Waals surface area contributed by atoms with Gasteiger partial charge in [0.15, 0.2) is 5.16 Å². The van der Waals surface area contributed by atoms with Crippen molar-refractivity contribution in [3.05, 3.63) is 45.0 Å². The third kappa shape index (κ3) is 3.33. The van der Waals surface area contributed by atoms with Crippen molar-refractivity contribution in [2.24, 2.45) is 0 Å². The number of nitrogens with one attached hydrogen (secondary N) is 1. The van der Waals surface area contributed by atoms with E-state index in [1.165, 1.54) is 11.3 Å². The average Bonchev–Trinajstić information content (AvgIpc) is 2.97. The Bertz CT molecular complexity index is 950. The largest absolute Gasteiger partial charge is 0.480 e. The van der Waals surface area contributed by atoms with Crippen LogP contribution in [0.3, 0.4) is 0 Å². The maximum Gasteiger partial charge on any atom is 0.317 e. The van der Waals surface area contributed by atoms with E-state index in [4.69, 9.17) is 16.7 Å². The third-order valence-electron chi connectivity index (χ3n) is 3.48. The van der Waals surface area contributed by atoms with Gasteiger partial charge in [-0.1, -0.05) is 42.4 Å². The average molecular weight is 381 g/mol. The topological polar surface area (TPSA) is 83.0 Å². The number of H-pyrrole nitrogens is 1. The number of thiophene rings is 1. The Labute approximate surface area is 150 Å². The van der Waals surface area contributed by atoms with E-state index in [0.717, 1.165) is 22.9 Å². The first-order chi connectivity index (χ1) is 11.5. The molecule has 3 rings (SSSR count). The van der Waals surface area contributed by atoms with E-state index in [-0.39, 0.29) is 5.56 Å². The van der Waals surface area contributed by atoms with Gasteiger partial charge in [0.05, 0.1) is 5.39 Å². The molecule has 0 aliphatic carbocycles. The summed E-state index contributed by atoms with van der Waals surface area (Å²) < 4.78 is 0. The fraction of sp³-hybridized carbons (Fsp3) is 0.188. The summed E-state index contributed by atoms with van der Waals surface area (Å²) in [6.07, 6.45) is 0.447. The summed E-state index contributed by atoms with van der Waals surface area (Å²) in [4.78, 5) is 31.3. The summed E-state index contributed by atoms with van der Waals surface area (Å²) in [6.45, 7) is 1.78. The zero-order valence-corrected chi connectivity index (χ0v) is 15.0. The molecule has 0 aliphatic heterocycles. The van der Waals surface area contributed by atoms with Crippen LogP contribution in [0.5, 0.6) is 0 Å². The van der Waals surface area contributed by atoms with Crippen molar-refractivity contribution in [2.75, 3.05) is 0 Å². The quantitative estimate of drug-likeness (QED) is 0.510. The number of rotatable bonds is 5. The predicted molar refractivity (Wildman–Crippen MR) is 98.3 cm³/mol. The Morgan fingerprint density at radius 1 is 1.42 bits per heavy atom. The van der Waals surface area contributed by atoms with E-state index in [1.54, 1.807) is 19.1 Å². The van der Waals surface area contributed by atoms with Crippen LogP contribution in [-0.2, 0) is 4.79 Å². The van der Waals surface area contributed by atoms with Crippen LogP contribution in [0.2, 0.25) is 5.02 Å². The standard InChI is InChI=1S/C16H13ClN2O3S2/c1-2-11(15(21)22)24-16-18-13(20)12-10(7-23-14(12)19-16)8-3-5-9(17)6-4-8/h3-7,11H,2H2,1H3,(H,21,22)(H,18,19,20). The van der Waals surface area contributed by atoms with Crippen molar-refractivity contribution in [1.82, 2.24) is 9.97 Å². The number of benzene rings is 1. The summed E-state index contributed by atoms with van der Waals surface area (Å²) in [5.74, 6) is -0.918. The first kappa shape index (κ1) is 17.0. The van der Waals surface area contributed by atoms with Crippen LogP contribution in [-0.4, -0.2) is 26.3 Å². The Kier molecular flexibility index (Phi) is 4.93. The molecule has 8 heteroatoms. The SMILES string of the molecule is CCC(Sc1nc2scc(-c3ccc(Cl)cc3)c2c(=O)[nH]1)C(=O)O. The predicted octanol–water partition coefficient (Wildman–Crippen LogP) is 4.26. The maximum atomic E-state index is 12.5. The van der Waals surface area contributed by atoms with Crippen LogP contribution < -0.4 is 5.56 Å². The number of halogens is 1. The Balaban J connectivity index is 2.04. The molecule has 0 aliphatic rings. The molecular weight excluding hydrogens is 368 g/mol. The fourth-order valence-electron chi connectivity index (χ4n) is 2.27. The van der Waals surface area contributed by atoms with Crippen LogP contribution in [0.1, 0.15) is 13.3 Å². The lowest BCUT2D eigenvalue weighted by molar-refractivity contribution is -0.136. The van der Waals surface area contributed by atoms with E-state index >= 15 is 0 Å². The summed E-state index contributed by atoms with van der Waals surface area (Å²) >= 11 is 8.32. The lowest BCUT2D eigenvalue weighted by Gasteiger charge is -2.08. The molecule has 5 nitrogen and oxygen atoms in total. The summed E-state index contributed by atoms with van der Waals surface area (Å²) in [5, 5.41) is 11.8. The highest BCUT2D eigenvalue weighted by molar-refractivity contribution is 8.00. The second-order valence-corrected chi connectivity index (χ2v) is 7.55. The van der Waals surface area contributed by atoms with Gasteiger partial charge in [0.2, 0.25) is 0 Å². The molecular formula is C16H13ClN2O3S2. The minimum Gasteiger partial charge on any atom is -0.480 e. The zero-order chi connectivity index (χ0) is 17.3. The van der Waals surface area contributed by atoms with Gasteiger partial charge in [-0.05, 0) is 24.1 Å². The molecule has 0 spiro atoms. The van der Waals surface area contributed by atoms with E-state index in [1.807, 2.05) is 17.5 Å². The van der Waals surface area contributed by atoms with E-state index in [0.29, 0.717) is 26.8 Å². The third-order valence-corrected chi connectivity index (χ3v) is 5.84. The molecule has 1 aromatic carbocycles. The van der Waals surface area contributed by atoms with Crippen LogP contribution in [0.25, 0.3) is 21.3 Å². The van der Waals surface area contributed by atoms with Gasteiger partial charge in [0, 0.05) is 16.0 Å². The molecule has 24 heavy (non-hydrogen) atoms. The molecule has 2 heterocycles. The highest BCUT2D eigenvalue weighted by atomic mass is 35.5. The summed E-state index contributed by atoms with van der Waals surface area (Å²) in [5.41, 5.74) is 1.41. The molecule has 0 amide bonds. The lowest BCUT2D eigenvalue weighted by Crippen LogP contribution is -2.17. The number of thioether (sulfide) groups is 1. The first-order valence-electron chi connectivity index (χ1n) is 7.16. The number of carbonyl (C=O) groups is 1. The Morgan fingerprint density at radius 3 is 2.75 bits per heavy atom. The number of hydrogen-bond donors (Lipinski definition) is 2. The molecule has 0 saturated heterocycles. The molecule has 0 bridgehead atoms. The number of carboxylic acid groups (broad SMARTS) is 1. The minimum atomic E-state index is -0.918. The highest BCUT2D eigenvalue weighted by Crippen LogP contribution is 2.32. The van der Waals surface area contributed by atoms with Crippen molar-refractivity contribution in [1.29, 1.82) is 0 Å². The van der Waals surface area contributed by atoms with E-state index in [9.17, 15) is 9.59 Å². The zero-order valence-electron chi connectivity index (χ0n) is 12.6. The van der Waals surface area contributed by atoms with Crippen LogP contribution in [0, 0.1) is 0 Å². The van der Waals surface area contributed by atoms with Gasteiger partial charge in [-0.3, -0.25) is 9.59 Å². The van der Waals surface area contributed by atoms with Crippen LogP contribution in [0.15, 0.2) is 39.6 Å². The molecule has 3 aromatic rings. The van der Waals surface area contributed by atoms with E-state index < -0.39 is 11.2 Å². The van der Waals surface area contributed by atoms with Gasteiger partial charge in [-0.2, -0.15) is 0 Å². The second-order valence-electron chi connectivity index (χ2n) is 5.06. The van der Waals surface area contributed by atoms with Gasteiger partial charge < -0.3 is 10.1 Å². The number of nitrogens with zero attached hydrogens (tertiary/aromatic N) is 1. The second kappa shape index (κ2) is 6.96. The van der Waals surface area contributed by atoms with Crippen molar-refractivity contribution >= 4 is 50.9 Å².